The zero-order valence-electron chi connectivity index (χ0n) is 12.4. The standard InChI is InChI=1S/C15H22N2O2S2/c1-12-2-10-20-14(12)15-17(13(18)3-11-21-15)5-4-16-6-8-19-9-7-16/h2,10,15H,3-9,11H2,1H3. The molecule has 0 aromatic carbocycles. The summed E-state index contributed by atoms with van der Waals surface area (Å²) in [5, 5.41) is 2.34. The van der Waals surface area contributed by atoms with Gasteiger partial charge in [-0.05, 0) is 23.9 Å². The van der Waals surface area contributed by atoms with Crippen molar-refractivity contribution in [2.45, 2.75) is 18.7 Å². The number of carbonyl (C=O) groups excluding carboxylic acids is 1. The monoisotopic (exact) mass is 326 g/mol. The van der Waals surface area contributed by atoms with E-state index in [0.717, 1.165) is 45.1 Å². The number of morpholine rings is 1. The molecule has 2 saturated heterocycles. The third kappa shape index (κ3) is 3.62. The zero-order chi connectivity index (χ0) is 14.7. The first kappa shape index (κ1) is 15.3. The van der Waals surface area contributed by atoms with Crippen LogP contribution in [-0.2, 0) is 9.53 Å². The number of nitrogens with zero attached hydrogens (tertiary/aromatic N) is 2. The van der Waals surface area contributed by atoms with Crippen molar-refractivity contribution in [1.82, 2.24) is 9.80 Å². The van der Waals surface area contributed by atoms with E-state index in [2.05, 4.69) is 28.2 Å². The first-order valence-electron chi connectivity index (χ1n) is 7.51. The molecule has 0 bridgehead atoms. The number of hydrogen-bond acceptors (Lipinski definition) is 5. The largest absolute Gasteiger partial charge is 0.379 e. The summed E-state index contributed by atoms with van der Waals surface area (Å²) < 4.78 is 5.38. The van der Waals surface area contributed by atoms with Crippen LogP contribution in [0.1, 0.15) is 22.2 Å². The highest BCUT2D eigenvalue weighted by Gasteiger charge is 2.31. The molecule has 3 rings (SSSR count). The van der Waals surface area contributed by atoms with Crippen LogP contribution in [0.4, 0.5) is 0 Å². The summed E-state index contributed by atoms with van der Waals surface area (Å²) in [6.07, 6.45) is 0.675. The zero-order valence-corrected chi connectivity index (χ0v) is 14.0. The van der Waals surface area contributed by atoms with E-state index in [1.165, 1.54) is 10.4 Å². The van der Waals surface area contributed by atoms with Crippen LogP contribution in [0.2, 0.25) is 0 Å². The number of thioether (sulfide) groups is 1. The second kappa shape index (κ2) is 7.13. The first-order valence-corrected chi connectivity index (χ1v) is 9.44. The second-order valence-corrected chi connectivity index (χ2v) is 7.62. The Morgan fingerprint density at radius 3 is 2.86 bits per heavy atom. The predicted molar refractivity (Wildman–Crippen MR) is 87.8 cm³/mol. The van der Waals surface area contributed by atoms with Crippen molar-refractivity contribution in [2.75, 3.05) is 45.1 Å². The van der Waals surface area contributed by atoms with Gasteiger partial charge in [0.15, 0.2) is 0 Å². The molecule has 0 N–H and O–H groups in total. The Labute approximate surface area is 134 Å². The minimum Gasteiger partial charge on any atom is -0.379 e. The topological polar surface area (TPSA) is 32.8 Å². The van der Waals surface area contributed by atoms with Gasteiger partial charge in [-0.25, -0.2) is 0 Å². The van der Waals surface area contributed by atoms with Gasteiger partial charge < -0.3 is 9.64 Å². The molecule has 6 heteroatoms. The highest BCUT2D eigenvalue weighted by atomic mass is 32.2. The lowest BCUT2D eigenvalue weighted by Crippen LogP contribution is -2.45. The number of carbonyl (C=O) groups is 1. The molecule has 3 heterocycles. The number of thiophene rings is 1. The van der Waals surface area contributed by atoms with Crippen LogP contribution in [-0.4, -0.2) is 60.9 Å². The SMILES string of the molecule is Cc1ccsc1C1SCCC(=O)N1CCN1CCOCC1. The van der Waals surface area contributed by atoms with Gasteiger partial charge in [0.05, 0.1) is 13.2 Å². The van der Waals surface area contributed by atoms with E-state index in [1.807, 2.05) is 11.8 Å². The van der Waals surface area contributed by atoms with E-state index in [-0.39, 0.29) is 5.37 Å². The summed E-state index contributed by atoms with van der Waals surface area (Å²) in [5.74, 6) is 1.24. The molecule has 1 unspecified atom stereocenters. The van der Waals surface area contributed by atoms with Crippen LogP contribution in [0.15, 0.2) is 11.4 Å². The van der Waals surface area contributed by atoms with E-state index in [1.54, 1.807) is 11.3 Å². The average molecular weight is 326 g/mol. The molecule has 0 spiro atoms. The Hall–Kier alpha value is -0.560. The van der Waals surface area contributed by atoms with Gasteiger partial charge in [-0.2, -0.15) is 0 Å². The maximum Gasteiger partial charge on any atom is 0.224 e. The number of ether oxygens (including phenoxy) is 1. The van der Waals surface area contributed by atoms with Gasteiger partial charge in [0.25, 0.3) is 0 Å². The molecule has 21 heavy (non-hydrogen) atoms. The Bertz CT molecular complexity index is 486. The van der Waals surface area contributed by atoms with Gasteiger partial charge in [0.2, 0.25) is 5.91 Å². The Kier molecular flexibility index (Phi) is 5.21. The molecule has 0 saturated carbocycles. The van der Waals surface area contributed by atoms with Crippen molar-refractivity contribution in [3.8, 4) is 0 Å². The molecular formula is C15H22N2O2S2. The van der Waals surface area contributed by atoms with Crippen LogP contribution in [0.5, 0.6) is 0 Å². The average Bonchev–Trinajstić information content (AvgIpc) is 2.93. The Morgan fingerprint density at radius 1 is 1.33 bits per heavy atom. The maximum absolute atomic E-state index is 12.4. The minimum atomic E-state index is 0.215. The van der Waals surface area contributed by atoms with Crippen molar-refractivity contribution in [2.24, 2.45) is 0 Å². The second-order valence-electron chi connectivity index (χ2n) is 5.48. The molecular weight excluding hydrogens is 304 g/mol. The summed E-state index contributed by atoms with van der Waals surface area (Å²) in [7, 11) is 0. The molecule has 0 aliphatic carbocycles. The summed E-state index contributed by atoms with van der Waals surface area (Å²) in [5.41, 5.74) is 1.31. The normalized spacial score (nSPS) is 24.5. The van der Waals surface area contributed by atoms with Gasteiger partial charge in [0.1, 0.15) is 5.37 Å². The number of hydrogen-bond donors (Lipinski definition) is 0. The summed E-state index contributed by atoms with van der Waals surface area (Å²) >= 11 is 3.68. The molecule has 1 atom stereocenters. The van der Waals surface area contributed by atoms with Gasteiger partial charge in [-0.15, -0.1) is 23.1 Å². The third-order valence-electron chi connectivity index (χ3n) is 4.08. The molecule has 2 aliphatic rings. The fraction of sp³-hybridized carbons (Fsp3) is 0.667. The Balaban J connectivity index is 1.66. The van der Waals surface area contributed by atoms with Crippen LogP contribution >= 0.6 is 23.1 Å². The quantitative estimate of drug-likeness (QED) is 0.850. The van der Waals surface area contributed by atoms with Crippen molar-refractivity contribution >= 4 is 29.0 Å². The van der Waals surface area contributed by atoms with E-state index < -0.39 is 0 Å². The predicted octanol–water partition coefficient (Wildman–Crippen LogP) is 2.35. The molecule has 2 fully saturated rings. The number of amides is 1. The minimum absolute atomic E-state index is 0.215. The molecule has 1 amide bonds. The van der Waals surface area contributed by atoms with Gasteiger partial charge >= 0.3 is 0 Å². The molecule has 4 nitrogen and oxygen atoms in total. The van der Waals surface area contributed by atoms with Crippen molar-refractivity contribution in [1.29, 1.82) is 0 Å². The molecule has 0 radical (unpaired) electrons. The smallest absolute Gasteiger partial charge is 0.224 e. The molecule has 1 aromatic heterocycles. The van der Waals surface area contributed by atoms with Crippen molar-refractivity contribution in [3.05, 3.63) is 21.9 Å². The van der Waals surface area contributed by atoms with Crippen LogP contribution in [0.3, 0.4) is 0 Å². The number of aryl methyl sites for hydroxylation is 1. The Morgan fingerprint density at radius 2 is 2.14 bits per heavy atom. The summed E-state index contributed by atoms with van der Waals surface area (Å²) in [4.78, 5) is 18.2. The fourth-order valence-electron chi connectivity index (χ4n) is 2.79. The fourth-order valence-corrected chi connectivity index (χ4v) is 5.34. The van der Waals surface area contributed by atoms with Crippen molar-refractivity contribution in [3.63, 3.8) is 0 Å². The van der Waals surface area contributed by atoms with Crippen LogP contribution < -0.4 is 0 Å². The van der Waals surface area contributed by atoms with E-state index in [4.69, 9.17) is 4.74 Å². The first-order chi connectivity index (χ1) is 10.3. The number of rotatable bonds is 4. The van der Waals surface area contributed by atoms with Crippen LogP contribution in [0.25, 0.3) is 0 Å². The highest BCUT2D eigenvalue weighted by Crippen LogP contribution is 2.40. The highest BCUT2D eigenvalue weighted by molar-refractivity contribution is 7.99. The van der Waals surface area contributed by atoms with E-state index >= 15 is 0 Å². The van der Waals surface area contributed by atoms with Crippen molar-refractivity contribution < 1.29 is 9.53 Å². The van der Waals surface area contributed by atoms with Gasteiger partial charge in [-0.3, -0.25) is 9.69 Å². The molecule has 1 aromatic rings. The summed E-state index contributed by atoms with van der Waals surface area (Å²) in [6.45, 7) is 7.53. The molecule has 2 aliphatic heterocycles. The lowest BCUT2D eigenvalue weighted by atomic mass is 10.2. The maximum atomic E-state index is 12.4. The molecule has 116 valence electrons. The lowest BCUT2D eigenvalue weighted by molar-refractivity contribution is -0.132. The van der Waals surface area contributed by atoms with Gasteiger partial charge in [0, 0.05) is 43.2 Å². The van der Waals surface area contributed by atoms with Gasteiger partial charge in [-0.1, -0.05) is 0 Å². The van der Waals surface area contributed by atoms with E-state index in [0.29, 0.717) is 12.3 Å². The lowest BCUT2D eigenvalue weighted by Gasteiger charge is -2.37. The summed E-state index contributed by atoms with van der Waals surface area (Å²) in [6, 6.07) is 2.15. The third-order valence-corrected chi connectivity index (χ3v) is 6.55. The van der Waals surface area contributed by atoms with E-state index in [9.17, 15) is 4.79 Å². The van der Waals surface area contributed by atoms with Crippen LogP contribution in [0, 0.1) is 6.92 Å².